The summed E-state index contributed by atoms with van der Waals surface area (Å²) in [7, 11) is 4.13. The third-order valence-electron chi connectivity index (χ3n) is 4.55. The first-order valence-electron chi connectivity index (χ1n) is 8.52. The van der Waals surface area contributed by atoms with Gasteiger partial charge < -0.3 is 9.84 Å². The molecule has 0 atom stereocenters. The van der Waals surface area contributed by atoms with Crippen LogP contribution in [0.3, 0.4) is 0 Å². The van der Waals surface area contributed by atoms with Gasteiger partial charge >= 0.3 is 5.97 Å². The zero-order valence-corrected chi connectivity index (χ0v) is 14.7. The predicted molar refractivity (Wildman–Crippen MR) is 96.3 cm³/mol. The molecule has 1 N–H and O–H groups in total. The third kappa shape index (κ3) is 3.65. The topological polar surface area (TPSA) is 46.5 Å². The molecule has 0 aromatic heterocycles. The predicted octanol–water partition coefficient (Wildman–Crippen LogP) is 3.18. The molecule has 0 unspecified atom stereocenters. The lowest BCUT2D eigenvalue weighted by Gasteiger charge is -2.31. The van der Waals surface area contributed by atoms with E-state index in [-0.39, 0.29) is 0 Å². The molecule has 3 rings (SSSR count). The van der Waals surface area contributed by atoms with Gasteiger partial charge in [0.05, 0.1) is 20.6 Å². The molecular formula is C21H24NO3+. The van der Waals surface area contributed by atoms with E-state index in [2.05, 4.69) is 14.1 Å². The quantitative estimate of drug-likeness (QED) is 0.688. The van der Waals surface area contributed by atoms with Crippen molar-refractivity contribution in [2.75, 3.05) is 20.6 Å². The minimum atomic E-state index is -1.84. The Morgan fingerprint density at radius 1 is 1.00 bits per heavy atom. The lowest BCUT2D eigenvalue weighted by Crippen LogP contribution is -2.41. The van der Waals surface area contributed by atoms with Crippen LogP contribution in [0.15, 0.2) is 72.6 Å². The average Bonchev–Trinajstić information content (AvgIpc) is 2.61. The molecule has 2 aromatic carbocycles. The Bertz CT molecular complexity index is 727. The Kier molecular flexibility index (Phi) is 4.75. The van der Waals surface area contributed by atoms with E-state index in [4.69, 9.17) is 4.74 Å². The molecular weight excluding hydrogens is 314 g/mol. The van der Waals surface area contributed by atoms with Gasteiger partial charge in [-0.1, -0.05) is 60.7 Å². The minimum Gasteiger partial charge on any atom is -0.423 e. The largest absolute Gasteiger partial charge is 0.423 e. The van der Waals surface area contributed by atoms with Crippen molar-refractivity contribution in [3.8, 4) is 0 Å². The van der Waals surface area contributed by atoms with Gasteiger partial charge in [0.25, 0.3) is 0 Å². The van der Waals surface area contributed by atoms with Gasteiger partial charge in [0.2, 0.25) is 5.60 Å². The van der Waals surface area contributed by atoms with E-state index in [9.17, 15) is 9.90 Å². The second kappa shape index (κ2) is 6.82. The molecule has 0 amide bonds. The summed E-state index contributed by atoms with van der Waals surface area (Å²) in [5.74, 6) is -0.0513. The second-order valence-corrected chi connectivity index (χ2v) is 7.03. The summed E-state index contributed by atoms with van der Waals surface area (Å²) in [5, 5.41) is 11.4. The number of carbonyl (C=O) groups is 1. The standard InChI is InChI=1S/C21H24NO3/c1-22(2)15-9-14-19(16-22)25-20(23)21(24,17-10-5-3-6-11-17)18-12-7-4-8-13-18/h3-8,10-13,16,24H,9,14-15H2,1-2H3/q+1. The van der Waals surface area contributed by atoms with Gasteiger partial charge in [-0.2, -0.15) is 0 Å². The number of hydrogen-bond donors (Lipinski definition) is 1. The molecule has 2 aromatic rings. The van der Waals surface area contributed by atoms with Crippen LogP contribution in [0.1, 0.15) is 24.0 Å². The SMILES string of the molecule is C[N+]1(C)C=C(OC(=O)C(O)(c2ccccc2)c2ccccc2)CCC1. The van der Waals surface area contributed by atoms with Crippen molar-refractivity contribution in [2.45, 2.75) is 18.4 Å². The average molecular weight is 338 g/mol. The molecule has 25 heavy (non-hydrogen) atoms. The van der Waals surface area contributed by atoms with Crippen LogP contribution < -0.4 is 0 Å². The molecule has 4 nitrogen and oxygen atoms in total. The summed E-state index contributed by atoms with van der Waals surface area (Å²) < 4.78 is 6.32. The molecule has 4 heteroatoms. The smallest absolute Gasteiger partial charge is 0.352 e. The zero-order valence-electron chi connectivity index (χ0n) is 14.7. The fraction of sp³-hybridized carbons (Fsp3) is 0.286. The maximum Gasteiger partial charge on any atom is 0.352 e. The maximum atomic E-state index is 13.0. The summed E-state index contributed by atoms with van der Waals surface area (Å²) in [5.41, 5.74) is -0.842. The molecule has 0 aliphatic carbocycles. The van der Waals surface area contributed by atoms with Crippen LogP contribution in [-0.2, 0) is 15.1 Å². The van der Waals surface area contributed by atoms with Gasteiger partial charge in [-0.3, -0.25) is 4.48 Å². The first kappa shape index (κ1) is 17.4. The van der Waals surface area contributed by atoms with E-state index in [1.165, 1.54) is 0 Å². The van der Waals surface area contributed by atoms with E-state index in [0.717, 1.165) is 13.0 Å². The van der Waals surface area contributed by atoms with Gasteiger partial charge in [0.1, 0.15) is 6.20 Å². The normalized spacial score (nSPS) is 16.8. The van der Waals surface area contributed by atoms with Crippen molar-refractivity contribution >= 4 is 5.97 Å². The van der Waals surface area contributed by atoms with Gasteiger partial charge in [-0.15, -0.1) is 0 Å². The molecule has 0 spiro atoms. The Morgan fingerprint density at radius 2 is 1.52 bits per heavy atom. The van der Waals surface area contributed by atoms with Crippen molar-refractivity contribution in [1.29, 1.82) is 0 Å². The Morgan fingerprint density at radius 3 is 2.00 bits per heavy atom. The van der Waals surface area contributed by atoms with Crippen molar-refractivity contribution < 1.29 is 19.1 Å². The van der Waals surface area contributed by atoms with Crippen molar-refractivity contribution in [1.82, 2.24) is 0 Å². The molecule has 130 valence electrons. The second-order valence-electron chi connectivity index (χ2n) is 7.03. The summed E-state index contributed by atoms with van der Waals surface area (Å²) in [6.45, 7) is 1.00. The molecule has 0 radical (unpaired) electrons. The number of quaternary nitrogens is 1. The fourth-order valence-corrected chi connectivity index (χ4v) is 3.21. The highest BCUT2D eigenvalue weighted by molar-refractivity contribution is 5.86. The number of rotatable bonds is 4. The number of allylic oxidation sites excluding steroid dienone is 1. The van der Waals surface area contributed by atoms with Crippen LogP contribution >= 0.6 is 0 Å². The van der Waals surface area contributed by atoms with Gasteiger partial charge in [-0.25, -0.2) is 4.79 Å². The zero-order chi connectivity index (χ0) is 17.9. The van der Waals surface area contributed by atoms with E-state index < -0.39 is 11.6 Å². The highest BCUT2D eigenvalue weighted by Gasteiger charge is 2.42. The van der Waals surface area contributed by atoms with Gasteiger partial charge in [0.15, 0.2) is 5.76 Å². The van der Waals surface area contributed by atoms with E-state index in [1.807, 2.05) is 18.3 Å². The molecule has 1 aliphatic rings. The van der Waals surface area contributed by atoms with Crippen LogP contribution in [0.5, 0.6) is 0 Å². The maximum absolute atomic E-state index is 13.0. The number of hydrogen-bond acceptors (Lipinski definition) is 3. The third-order valence-corrected chi connectivity index (χ3v) is 4.55. The summed E-state index contributed by atoms with van der Waals surface area (Å²) in [6, 6.07) is 17.9. The van der Waals surface area contributed by atoms with Crippen molar-refractivity contribution in [3.05, 3.63) is 83.7 Å². The summed E-state index contributed by atoms with van der Waals surface area (Å²) in [6.07, 6.45) is 3.59. The highest BCUT2D eigenvalue weighted by Crippen LogP contribution is 2.32. The van der Waals surface area contributed by atoms with E-state index >= 15 is 0 Å². The number of carbonyl (C=O) groups excluding carboxylic acids is 1. The van der Waals surface area contributed by atoms with Crippen LogP contribution in [0.4, 0.5) is 0 Å². The molecule has 0 saturated heterocycles. The Labute approximate surface area is 148 Å². The van der Waals surface area contributed by atoms with Crippen LogP contribution in [0, 0.1) is 0 Å². The van der Waals surface area contributed by atoms with Crippen molar-refractivity contribution in [2.24, 2.45) is 0 Å². The number of esters is 1. The molecule has 0 bridgehead atoms. The number of nitrogens with zero attached hydrogens (tertiary/aromatic N) is 1. The first-order chi connectivity index (χ1) is 11.9. The molecule has 0 saturated carbocycles. The van der Waals surface area contributed by atoms with Crippen LogP contribution in [0.2, 0.25) is 0 Å². The number of ether oxygens (including phenoxy) is 1. The highest BCUT2D eigenvalue weighted by atomic mass is 16.6. The van der Waals surface area contributed by atoms with E-state index in [0.29, 0.717) is 27.8 Å². The molecule has 0 fully saturated rings. The Hall–Kier alpha value is -2.43. The molecule has 1 heterocycles. The fourth-order valence-electron chi connectivity index (χ4n) is 3.21. The van der Waals surface area contributed by atoms with Crippen LogP contribution in [0.25, 0.3) is 0 Å². The van der Waals surface area contributed by atoms with Gasteiger partial charge in [-0.05, 0) is 11.1 Å². The van der Waals surface area contributed by atoms with Crippen LogP contribution in [-0.4, -0.2) is 36.2 Å². The summed E-state index contributed by atoms with van der Waals surface area (Å²) >= 11 is 0. The van der Waals surface area contributed by atoms with E-state index in [1.54, 1.807) is 48.5 Å². The van der Waals surface area contributed by atoms with Crippen molar-refractivity contribution in [3.63, 3.8) is 0 Å². The van der Waals surface area contributed by atoms with Gasteiger partial charge in [0, 0.05) is 12.8 Å². The monoisotopic (exact) mass is 338 g/mol. The lowest BCUT2D eigenvalue weighted by molar-refractivity contribution is -0.842. The number of benzene rings is 2. The molecule has 1 aliphatic heterocycles. The Balaban J connectivity index is 1.98. The minimum absolute atomic E-state index is 0.497. The number of aliphatic hydroxyl groups is 1. The summed E-state index contributed by atoms with van der Waals surface area (Å²) in [4.78, 5) is 13.0. The first-order valence-corrected chi connectivity index (χ1v) is 8.52. The lowest BCUT2D eigenvalue weighted by atomic mass is 9.86.